The van der Waals surface area contributed by atoms with Gasteiger partial charge in [0.2, 0.25) is 0 Å². The minimum absolute atomic E-state index is 0.314. The lowest BCUT2D eigenvalue weighted by Gasteiger charge is -2.08. The minimum Gasteiger partial charge on any atom is -0.411 e. The van der Waals surface area contributed by atoms with Gasteiger partial charge < -0.3 is 14.6 Å². The van der Waals surface area contributed by atoms with Crippen molar-refractivity contribution in [2.24, 2.45) is 0 Å². The molecule has 0 fully saturated rings. The molecule has 1 atom stereocenters. The Hall–Kier alpha value is -0.610. The molecule has 1 N–H and O–H groups in total. The molecule has 0 aliphatic heterocycles. The van der Waals surface area contributed by atoms with Crippen molar-refractivity contribution in [1.82, 2.24) is 0 Å². The Bertz CT molecular complexity index is 91.0. The molecule has 0 aliphatic carbocycles. The Morgan fingerprint density at radius 2 is 2.33 bits per heavy atom. The van der Waals surface area contributed by atoms with E-state index in [1.54, 1.807) is 6.92 Å². The number of hydrogen-bond donors (Lipinski definition) is 1. The maximum atomic E-state index is 10.1. The summed E-state index contributed by atoms with van der Waals surface area (Å²) in [7, 11) is 0. The molecule has 0 aliphatic rings. The second-order valence-electron chi connectivity index (χ2n) is 1.37. The van der Waals surface area contributed by atoms with Gasteiger partial charge in [-0.15, -0.1) is 0 Å². The van der Waals surface area contributed by atoms with E-state index in [1.165, 1.54) is 6.92 Å². The van der Waals surface area contributed by atoms with Crippen LogP contribution in [0.1, 0.15) is 13.8 Å². The van der Waals surface area contributed by atoms with Crippen LogP contribution in [0.4, 0.5) is 0 Å². The zero-order valence-corrected chi connectivity index (χ0v) is 5.46. The van der Waals surface area contributed by atoms with Gasteiger partial charge in [-0.1, -0.05) is 0 Å². The van der Waals surface area contributed by atoms with E-state index in [0.717, 1.165) is 0 Å². The molecule has 0 rings (SSSR count). The van der Waals surface area contributed by atoms with Crippen LogP contribution in [0.25, 0.3) is 0 Å². The van der Waals surface area contributed by atoms with Crippen molar-refractivity contribution < 1.29 is 19.4 Å². The number of hydrogen-bond acceptors (Lipinski definition) is 4. The molecule has 1 unspecified atom stereocenters. The van der Waals surface area contributed by atoms with E-state index in [1.807, 2.05) is 0 Å². The van der Waals surface area contributed by atoms with Gasteiger partial charge in [0.1, 0.15) is 0 Å². The molecule has 9 heavy (non-hydrogen) atoms. The van der Waals surface area contributed by atoms with E-state index in [4.69, 9.17) is 5.11 Å². The SMILES string of the molecule is CCOC(O)OC(C)=O. The smallest absolute Gasteiger partial charge is 0.315 e. The van der Waals surface area contributed by atoms with E-state index in [2.05, 4.69) is 9.47 Å². The first-order valence-electron chi connectivity index (χ1n) is 2.63. The van der Waals surface area contributed by atoms with Crippen LogP contribution in [-0.2, 0) is 14.3 Å². The second-order valence-corrected chi connectivity index (χ2v) is 1.37. The molecule has 0 aromatic rings. The maximum absolute atomic E-state index is 10.1. The Morgan fingerprint density at radius 3 is 2.67 bits per heavy atom. The van der Waals surface area contributed by atoms with Gasteiger partial charge in [0.05, 0.1) is 6.61 Å². The van der Waals surface area contributed by atoms with E-state index in [0.29, 0.717) is 6.61 Å². The highest BCUT2D eigenvalue weighted by Crippen LogP contribution is 1.88. The zero-order chi connectivity index (χ0) is 7.28. The lowest BCUT2D eigenvalue weighted by atomic mass is 10.8. The molecule has 0 amide bonds. The van der Waals surface area contributed by atoms with Crippen LogP contribution in [0.5, 0.6) is 0 Å². The fourth-order valence-corrected chi connectivity index (χ4v) is 0.319. The summed E-state index contributed by atoms with van der Waals surface area (Å²) in [5.74, 6) is -0.559. The van der Waals surface area contributed by atoms with Crippen molar-refractivity contribution in [3.63, 3.8) is 0 Å². The quantitative estimate of drug-likeness (QED) is 0.431. The summed E-state index contributed by atoms with van der Waals surface area (Å²) in [6, 6.07) is 0. The first-order valence-corrected chi connectivity index (χ1v) is 2.63. The summed E-state index contributed by atoms with van der Waals surface area (Å²) in [6.07, 6.45) is 0. The number of rotatable bonds is 3. The molecular weight excluding hydrogens is 124 g/mol. The number of ether oxygens (including phenoxy) is 2. The van der Waals surface area contributed by atoms with Crippen molar-refractivity contribution in [3.8, 4) is 0 Å². The van der Waals surface area contributed by atoms with Crippen molar-refractivity contribution >= 4 is 5.97 Å². The van der Waals surface area contributed by atoms with Crippen molar-refractivity contribution in [2.75, 3.05) is 6.61 Å². The molecule has 0 saturated carbocycles. The molecule has 0 radical (unpaired) electrons. The number of aliphatic hydroxyl groups is 1. The lowest BCUT2D eigenvalue weighted by molar-refractivity contribution is -0.250. The van der Waals surface area contributed by atoms with Crippen LogP contribution in [0.2, 0.25) is 0 Å². The fourth-order valence-electron chi connectivity index (χ4n) is 0.319. The second kappa shape index (κ2) is 4.29. The minimum atomic E-state index is -1.41. The summed E-state index contributed by atoms with van der Waals surface area (Å²) >= 11 is 0. The van der Waals surface area contributed by atoms with Gasteiger partial charge in [-0.2, -0.15) is 0 Å². The summed E-state index contributed by atoms with van der Waals surface area (Å²) in [5.41, 5.74) is 0. The third kappa shape index (κ3) is 5.26. The van der Waals surface area contributed by atoms with Gasteiger partial charge >= 0.3 is 12.4 Å². The van der Waals surface area contributed by atoms with Crippen LogP contribution in [0.15, 0.2) is 0 Å². The number of carbonyl (C=O) groups excluding carboxylic acids is 1. The molecule has 0 aromatic carbocycles. The Labute approximate surface area is 53.4 Å². The summed E-state index contributed by atoms with van der Waals surface area (Å²) in [6.45, 7) is 1.79. The van der Waals surface area contributed by atoms with Gasteiger partial charge in [-0.25, -0.2) is 0 Å². The average molecular weight is 134 g/mol. The molecule has 0 saturated heterocycles. The van der Waals surface area contributed by atoms with Crippen molar-refractivity contribution in [1.29, 1.82) is 0 Å². The monoisotopic (exact) mass is 134 g/mol. The Morgan fingerprint density at radius 1 is 1.78 bits per heavy atom. The van der Waals surface area contributed by atoms with Crippen LogP contribution in [0, 0.1) is 0 Å². The van der Waals surface area contributed by atoms with E-state index >= 15 is 0 Å². The van der Waals surface area contributed by atoms with Gasteiger partial charge in [0.25, 0.3) is 0 Å². The fraction of sp³-hybridized carbons (Fsp3) is 0.800. The predicted molar refractivity (Wildman–Crippen MR) is 29.4 cm³/mol. The third-order valence-electron chi connectivity index (χ3n) is 0.576. The van der Waals surface area contributed by atoms with Crippen molar-refractivity contribution in [3.05, 3.63) is 0 Å². The van der Waals surface area contributed by atoms with E-state index < -0.39 is 12.4 Å². The van der Waals surface area contributed by atoms with Crippen LogP contribution < -0.4 is 0 Å². The van der Waals surface area contributed by atoms with Crippen molar-refractivity contribution in [2.45, 2.75) is 20.3 Å². The molecule has 0 heterocycles. The summed E-state index contributed by atoms with van der Waals surface area (Å²) < 4.78 is 8.65. The van der Waals surface area contributed by atoms with Gasteiger partial charge in [-0.3, -0.25) is 4.79 Å². The third-order valence-corrected chi connectivity index (χ3v) is 0.576. The Balaban J connectivity index is 3.26. The average Bonchev–Trinajstić information content (AvgIpc) is 1.63. The number of aliphatic hydroxyl groups excluding tert-OH is 1. The van der Waals surface area contributed by atoms with Gasteiger partial charge in [0.15, 0.2) is 0 Å². The largest absolute Gasteiger partial charge is 0.411 e. The van der Waals surface area contributed by atoms with Crippen LogP contribution in [0.3, 0.4) is 0 Å². The molecule has 4 nitrogen and oxygen atoms in total. The highest BCUT2D eigenvalue weighted by molar-refractivity contribution is 5.65. The van der Waals surface area contributed by atoms with Gasteiger partial charge in [0, 0.05) is 6.92 Å². The molecule has 0 aromatic heterocycles. The molecular formula is C5H10O4. The standard InChI is InChI=1S/C5H10O4/c1-3-8-5(7)9-4(2)6/h5,7H,3H2,1-2H3. The topological polar surface area (TPSA) is 55.8 Å². The van der Waals surface area contributed by atoms with Crippen LogP contribution in [-0.4, -0.2) is 24.2 Å². The molecule has 4 heteroatoms. The normalized spacial score (nSPS) is 12.8. The van der Waals surface area contributed by atoms with E-state index in [-0.39, 0.29) is 0 Å². The number of esters is 1. The molecule has 0 bridgehead atoms. The molecule has 54 valence electrons. The zero-order valence-electron chi connectivity index (χ0n) is 5.46. The first-order chi connectivity index (χ1) is 4.16. The lowest BCUT2D eigenvalue weighted by Crippen LogP contribution is -2.18. The van der Waals surface area contributed by atoms with Gasteiger partial charge in [-0.05, 0) is 6.92 Å². The molecule has 0 spiro atoms. The first kappa shape index (κ1) is 8.39. The summed E-state index contributed by atoms with van der Waals surface area (Å²) in [4.78, 5) is 10.1. The highest BCUT2D eigenvalue weighted by Gasteiger charge is 2.03. The van der Waals surface area contributed by atoms with E-state index in [9.17, 15) is 4.79 Å². The summed E-state index contributed by atoms with van der Waals surface area (Å²) in [5, 5.41) is 8.55. The Kier molecular flexibility index (Phi) is 4.00. The highest BCUT2D eigenvalue weighted by atomic mass is 16.8. The van der Waals surface area contributed by atoms with Crippen LogP contribution >= 0.6 is 0 Å². The predicted octanol–water partition coefficient (Wildman–Crippen LogP) is -0.138. The maximum Gasteiger partial charge on any atom is 0.315 e. The number of carbonyl (C=O) groups is 1.